The molecule has 4 aliphatic carbocycles. The van der Waals surface area contributed by atoms with Gasteiger partial charge in [-0.2, -0.15) is 0 Å². The van der Waals surface area contributed by atoms with Gasteiger partial charge < -0.3 is 19.4 Å². The summed E-state index contributed by atoms with van der Waals surface area (Å²) in [6, 6.07) is 0. The topological polar surface area (TPSA) is 36.0 Å². The van der Waals surface area contributed by atoms with Crippen molar-refractivity contribution in [3.63, 3.8) is 0 Å². The Morgan fingerprint density at radius 2 is 1.54 bits per heavy atom. The number of fused-ring (bicyclic) bond motifs is 5. The van der Waals surface area contributed by atoms with E-state index in [0.29, 0.717) is 17.3 Å². The van der Waals surface area contributed by atoms with Crippen LogP contribution in [0.2, 0.25) is 0 Å². The van der Waals surface area contributed by atoms with Crippen molar-refractivity contribution in [1.29, 1.82) is 0 Å². The van der Waals surface area contributed by atoms with Crippen LogP contribution in [-0.2, 0) is 9.53 Å². The molecule has 0 aromatic carbocycles. The highest BCUT2D eigenvalue weighted by Crippen LogP contribution is 2.66. The fourth-order valence-corrected chi connectivity index (χ4v) is 10.8. The van der Waals surface area contributed by atoms with Gasteiger partial charge in [-0.1, -0.05) is 65.2 Å². The standard InChI is InChI=1S/C43H77N3O2/c1-33(2)16-10-12-18-35-21-23-39-38-22-20-36-32-37(24-26-43(36,5)40(38)25-27-42(35,39)4)48-41(47)19-13-11-17-34(3)46(30-14-28-44(6)7)31-15-29-45(8)9/h20,33,35,37-40H,3,10-19,21-32H2,1-2,4-9H3. The lowest BCUT2D eigenvalue weighted by Gasteiger charge is -2.58. The molecule has 5 nitrogen and oxygen atoms in total. The Morgan fingerprint density at radius 1 is 0.854 bits per heavy atom. The second-order valence-corrected chi connectivity index (χ2v) is 18.2. The number of hydrogen-bond donors (Lipinski definition) is 0. The van der Waals surface area contributed by atoms with Gasteiger partial charge in [-0.05, 0) is 165 Å². The number of allylic oxidation sites excluding steroid dienone is 2. The summed E-state index contributed by atoms with van der Waals surface area (Å²) in [7, 11) is 8.57. The molecule has 0 heterocycles. The van der Waals surface area contributed by atoms with E-state index in [-0.39, 0.29) is 12.1 Å². The number of carbonyl (C=O) groups is 1. The van der Waals surface area contributed by atoms with Crippen LogP contribution in [0.3, 0.4) is 0 Å². The number of rotatable bonds is 20. The van der Waals surface area contributed by atoms with Gasteiger partial charge in [0.2, 0.25) is 0 Å². The quantitative estimate of drug-likeness (QED) is 0.0734. The number of hydrogen-bond acceptors (Lipinski definition) is 5. The molecule has 0 spiro atoms. The number of unbranched alkanes of at least 4 members (excludes halogenated alkanes) is 2. The van der Waals surface area contributed by atoms with Crippen molar-refractivity contribution in [2.24, 2.45) is 40.4 Å². The number of esters is 1. The average Bonchev–Trinajstić information content (AvgIpc) is 3.36. The fourth-order valence-electron chi connectivity index (χ4n) is 10.8. The molecule has 0 aliphatic heterocycles. The van der Waals surface area contributed by atoms with Gasteiger partial charge in [0, 0.05) is 31.6 Å². The predicted octanol–water partition coefficient (Wildman–Crippen LogP) is 9.97. The number of ether oxygens (including phenoxy) is 1. The van der Waals surface area contributed by atoms with Gasteiger partial charge in [0.05, 0.1) is 0 Å². The maximum absolute atomic E-state index is 13.0. The van der Waals surface area contributed by atoms with E-state index >= 15 is 0 Å². The molecule has 3 fully saturated rings. The van der Waals surface area contributed by atoms with E-state index in [1.807, 2.05) is 0 Å². The van der Waals surface area contributed by atoms with Gasteiger partial charge in [0.1, 0.15) is 6.10 Å². The normalized spacial score (nSPS) is 31.4. The van der Waals surface area contributed by atoms with Crippen LogP contribution >= 0.6 is 0 Å². The van der Waals surface area contributed by atoms with E-state index in [0.717, 1.165) is 101 Å². The Labute approximate surface area is 297 Å². The van der Waals surface area contributed by atoms with Crippen molar-refractivity contribution in [2.75, 3.05) is 54.4 Å². The van der Waals surface area contributed by atoms with Gasteiger partial charge in [-0.15, -0.1) is 0 Å². The van der Waals surface area contributed by atoms with Gasteiger partial charge in [0.25, 0.3) is 0 Å². The van der Waals surface area contributed by atoms with Crippen LogP contribution < -0.4 is 0 Å². The van der Waals surface area contributed by atoms with Gasteiger partial charge in [-0.3, -0.25) is 4.79 Å². The van der Waals surface area contributed by atoms with Crippen molar-refractivity contribution < 1.29 is 9.53 Å². The summed E-state index contributed by atoms with van der Waals surface area (Å²) in [5, 5.41) is 0. The molecule has 3 saturated carbocycles. The highest BCUT2D eigenvalue weighted by molar-refractivity contribution is 5.69. The highest BCUT2D eigenvalue weighted by atomic mass is 16.5. The third-order valence-electron chi connectivity index (χ3n) is 13.7. The third kappa shape index (κ3) is 10.4. The smallest absolute Gasteiger partial charge is 0.306 e. The molecular formula is C43H77N3O2. The van der Waals surface area contributed by atoms with Crippen LogP contribution in [0, 0.1) is 40.4 Å². The lowest BCUT2D eigenvalue weighted by Crippen LogP contribution is -2.50. The van der Waals surface area contributed by atoms with Crippen LogP contribution in [0.4, 0.5) is 0 Å². The predicted molar refractivity (Wildman–Crippen MR) is 204 cm³/mol. The minimum atomic E-state index is 0.0103. The van der Waals surface area contributed by atoms with Crippen molar-refractivity contribution in [2.45, 2.75) is 149 Å². The Morgan fingerprint density at radius 3 is 2.21 bits per heavy atom. The van der Waals surface area contributed by atoms with Crippen LogP contribution in [0.1, 0.15) is 143 Å². The molecule has 276 valence electrons. The lowest BCUT2D eigenvalue weighted by molar-refractivity contribution is -0.151. The molecule has 4 aliphatic rings. The summed E-state index contributed by atoms with van der Waals surface area (Å²) in [5.41, 5.74) is 3.73. The lowest BCUT2D eigenvalue weighted by atomic mass is 9.47. The molecule has 0 N–H and O–H groups in total. The zero-order valence-electron chi connectivity index (χ0n) is 33.0. The van der Waals surface area contributed by atoms with E-state index in [2.05, 4.69) is 83.2 Å². The summed E-state index contributed by atoms with van der Waals surface area (Å²) < 4.78 is 6.17. The Kier molecular flexibility index (Phi) is 15.0. The Balaban J connectivity index is 1.21. The molecule has 7 unspecified atom stereocenters. The summed E-state index contributed by atoms with van der Waals surface area (Å²) in [6.07, 6.45) is 24.3. The first-order valence-electron chi connectivity index (χ1n) is 20.4. The molecule has 0 saturated heterocycles. The molecule has 0 radical (unpaired) electrons. The fraction of sp³-hybridized carbons (Fsp3) is 0.884. The molecule has 5 heteroatoms. The maximum Gasteiger partial charge on any atom is 0.306 e. The highest BCUT2D eigenvalue weighted by Gasteiger charge is 2.58. The second kappa shape index (κ2) is 18.2. The van der Waals surface area contributed by atoms with E-state index in [9.17, 15) is 4.79 Å². The number of nitrogens with zero attached hydrogens (tertiary/aromatic N) is 3. The minimum Gasteiger partial charge on any atom is -0.462 e. The SMILES string of the molecule is C=C(CCCCC(=O)OC1CCC2(C)C(=CCC3C2CCC2(C)C(CCCCC(C)C)CCC32)C1)N(CCCN(C)C)CCCN(C)C. The van der Waals surface area contributed by atoms with Gasteiger partial charge in [-0.25, -0.2) is 0 Å². The van der Waals surface area contributed by atoms with E-state index in [1.54, 1.807) is 5.57 Å². The largest absolute Gasteiger partial charge is 0.462 e. The third-order valence-corrected chi connectivity index (χ3v) is 13.7. The molecule has 48 heavy (non-hydrogen) atoms. The molecule has 0 aromatic heterocycles. The first kappa shape index (κ1) is 39.5. The van der Waals surface area contributed by atoms with Gasteiger partial charge >= 0.3 is 5.97 Å². The van der Waals surface area contributed by atoms with Crippen molar-refractivity contribution in [3.8, 4) is 0 Å². The summed E-state index contributed by atoms with van der Waals surface area (Å²) in [6.45, 7) is 18.8. The first-order chi connectivity index (χ1) is 22.8. The summed E-state index contributed by atoms with van der Waals surface area (Å²) >= 11 is 0. The maximum atomic E-state index is 13.0. The van der Waals surface area contributed by atoms with Crippen molar-refractivity contribution in [3.05, 3.63) is 23.9 Å². The van der Waals surface area contributed by atoms with Crippen LogP contribution in [0.15, 0.2) is 23.9 Å². The molecule has 0 amide bonds. The molecule has 0 aromatic rings. The van der Waals surface area contributed by atoms with Gasteiger partial charge in [0.15, 0.2) is 0 Å². The van der Waals surface area contributed by atoms with Crippen molar-refractivity contribution >= 4 is 5.97 Å². The van der Waals surface area contributed by atoms with E-state index in [1.165, 1.54) is 69.9 Å². The zero-order valence-corrected chi connectivity index (χ0v) is 33.0. The molecular weight excluding hydrogens is 590 g/mol. The Hall–Kier alpha value is -1.33. The van der Waals surface area contributed by atoms with Crippen LogP contribution in [-0.4, -0.2) is 81.1 Å². The molecule has 7 atom stereocenters. The second-order valence-electron chi connectivity index (χ2n) is 18.2. The Bertz CT molecular complexity index is 1040. The van der Waals surface area contributed by atoms with Crippen molar-refractivity contribution in [1.82, 2.24) is 14.7 Å². The average molecular weight is 668 g/mol. The molecule has 0 bridgehead atoms. The van der Waals surface area contributed by atoms with Crippen LogP contribution in [0.25, 0.3) is 0 Å². The monoisotopic (exact) mass is 668 g/mol. The first-order valence-corrected chi connectivity index (χ1v) is 20.4. The number of carbonyl (C=O) groups excluding carboxylic acids is 1. The molecule has 4 rings (SSSR count). The summed E-state index contributed by atoms with van der Waals surface area (Å²) in [5.74, 6) is 4.40. The van der Waals surface area contributed by atoms with E-state index < -0.39 is 0 Å². The zero-order chi connectivity index (χ0) is 34.9. The van der Waals surface area contributed by atoms with E-state index in [4.69, 9.17) is 4.74 Å². The minimum absolute atomic E-state index is 0.0103. The summed E-state index contributed by atoms with van der Waals surface area (Å²) in [4.78, 5) is 20.0. The van der Waals surface area contributed by atoms with Crippen LogP contribution in [0.5, 0.6) is 0 Å².